The van der Waals surface area contributed by atoms with Gasteiger partial charge in [0.05, 0.1) is 13.2 Å². The van der Waals surface area contributed by atoms with Gasteiger partial charge in [0.1, 0.15) is 11.3 Å². The van der Waals surface area contributed by atoms with E-state index in [9.17, 15) is 4.79 Å². The van der Waals surface area contributed by atoms with E-state index < -0.39 is 0 Å². The Bertz CT molecular complexity index is 524. The van der Waals surface area contributed by atoms with Crippen LogP contribution in [0.25, 0.3) is 11.0 Å². The molecule has 0 aliphatic carbocycles. The van der Waals surface area contributed by atoms with Gasteiger partial charge in [0.2, 0.25) is 5.91 Å². The highest BCUT2D eigenvalue weighted by Crippen LogP contribution is 2.18. The maximum atomic E-state index is 11.5. The zero-order valence-electron chi connectivity index (χ0n) is 12.1. The van der Waals surface area contributed by atoms with Crippen LogP contribution in [0, 0.1) is 0 Å². The lowest BCUT2D eigenvalue weighted by Gasteiger charge is -2.05. The normalized spacial score (nSPS) is 10.3. The van der Waals surface area contributed by atoms with Gasteiger partial charge in [-0.2, -0.15) is 0 Å². The van der Waals surface area contributed by atoms with Crippen LogP contribution >= 0.6 is 12.4 Å². The van der Waals surface area contributed by atoms with Gasteiger partial charge < -0.3 is 19.8 Å². The molecular weight excluding hydrogens is 292 g/mol. The van der Waals surface area contributed by atoms with Gasteiger partial charge in [-0.1, -0.05) is 18.2 Å². The van der Waals surface area contributed by atoms with Crippen LogP contribution in [0.4, 0.5) is 0 Å². The van der Waals surface area contributed by atoms with E-state index in [1.807, 2.05) is 30.3 Å². The third-order valence-corrected chi connectivity index (χ3v) is 2.94. The van der Waals surface area contributed by atoms with Crippen molar-refractivity contribution in [2.75, 3.05) is 33.4 Å². The molecule has 0 atom stereocenters. The minimum atomic E-state index is -0.0165. The molecule has 0 unspecified atom stereocenters. The van der Waals surface area contributed by atoms with Crippen LogP contribution < -0.4 is 10.6 Å². The molecule has 6 heteroatoms. The zero-order valence-corrected chi connectivity index (χ0v) is 12.9. The molecule has 0 saturated carbocycles. The van der Waals surface area contributed by atoms with Crippen LogP contribution in [-0.2, 0) is 16.0 Å². The summed E-state index contributed by atoms with van der Waals surface area (Å²) in [6, 6.07) is 9.90. The summed E-state index contributed by atoms with van der Waals surface area (Å²) in [6.45, 7) is 2.16. The van der Waals surface area contributed by atoms with E-state index >= 15 is 0 Å². The number of halogens is 1. The SMILES string of the molecule is COCCNCC(=O)NCCc1cc2ccccc2o1.Cl. The van der Waals surface area contributed by atoms with Gasteiger partial charge in [-0.05, 0) is 12.1 Å². The van der Waals surface area contributed by atoms with Gasteiger partial charge in [0.15, 0.2) is 0 Å². The molecule has 1 aromatic heterocycles. The molecule has 0 bridgehead atoms. The van der Waals surface area contributed by atoms with Gasteiger partial charge in [0, 0.05) is 32.0 Å². The average Bonchev–Trinajstić information content (AvgIpc) is 2.86. The molecule has 1 aromatic carbocycles. The lowest BCUT2D eigenvalue weighted by atomic mass is 10.2. The third kappa shape index (κ3) is 5.75. The summed E-state index contributed by atoms with van der Waals surface area (Å²) in [5, 5.41) is 6.94. The van der Waals surface area contributed by atoms with Crippen molar-refractivity contribution in [1.82, 2.24) is 10.6 Å². The first-order valence-electron chi connectivity index (χ1n) is 6.73. The average molecular weight is 313 g/mol. The summed E-state index contributed by atoms with van der Waals surface area (Å²) in [4.78, 5) is 11.5. The molecule has 0 spiro atoms. The Kier molecular flexibility index (Phi) is 7.82. The second-order valence-electron chi connectivity index (χ2n) is 4.52. The molecule has 21 heavy (non-hydrogen) atoms. The Labute approximate surface area is 130 Å². The van der Waals surface area contributed by atoms with Crippen molar-refractivity contribution in [2.45, 2.75) is 6.42 Å². The van der Waals surface area contributed by atoms with Gasteiger partial charge in [-0.15, -0.1) is 12.4 Å². The predicted octanol–water partition coefficient (Wildman–Crippen LogP) is 1.75. The van der Waals surface area contributed by atoms with Gasteiger partial charge in [-0.25, -0.2) is 0 Å². The number of nitrogens with one attached hydrogen (secondary N) is 2. The second-order valence-corrected chi connectivity index (χ2v) is 4.52. The number of para-hydroxylation sites is 1. The Morgan fingerprint density at radius 1 is 1.29 bits per heavy atom. The predicted molar refractivity (Wildman–Crippen MR) is 84.9 cm³/mol. The summed E-state index contributed by atoms with van der Waals surface area (Å²) in [6.07, 6.45) is 0.693. The van der Waals surface area contributed by atoms with E-state index in [4.69, 9.17) is 9.15 Å². The van der Waals surface area contributed by atoms with Crippen LogP contribution in [0.15, 0.2) is 34.7 Å². The number of amides is 1. The van der Waals surface area contributed by atoms with Gasteiger partial charge in [-0.3, -0.25) is 4.79 Å². The zero-order chi connectivity index (χ0) is 14.2. The topological polar surface area (TPSA) is 63.5 Å². The molecular formula is C15H21ClN2O3. The molecule has 2 rings (SSSR count). The number of hydrogen-bond donors (Lipinski definition) is 2. The number of rotatable bonds is 8. The van der Waals surface area contributed by atoms with E-state index in [-0.39, 0.29) is 18.3 Å². The smallest absolute Gasteiger partial charge is 0.233 e. The maximum Gasteiger partial charge on any atom is 0.233 e. The van der Waals surface area contributed by atoms with Crippen LogP contribution in [0.2, 0.25) is 0 Å². The fraction of sp³-hybridized carbons (Fsp3) is 0.400. The molecule has 0 aliphatic heterocycles. The first kappa shape index (κ1) is 17.5. The minimum Gasteiger partial charge on any atom is -0.461 e. The fourth-order valence-corrected chi connectivity index (χ4v) is 1.92. The molecule has 5 nitrogen and oxygen atoms in total. The van der Waals surface area contributed by atoms with Crippen LogP contribution in [0.3, 0.4) is 0 Å². The number of methoxy groups -OCH3 is 1. The molecule has 0 saturated heterocycles. The van der Waals surface area contributed by atoms with E-state index in [1.165, 1.54) is 0 Å². The quantitative estimate of drug-likeness (QED) is 0.729. The number of carbonyl (C=O) groups excluding carboxylic acids is 1. The van der Waals surface area contributed by atoms with Crippen LogP contribution in [0.5, 0.6) is 0 Å². The Morgan fingerprint density at radius 2 is 2.10 bits per heavy atom. The molecule has 2 N–H and O–H groups in total. The largest absolute Gasteiger partial charge is 0.461 e. The standard InChI is InChI=1S/C15H20N2O3.ClH/c1-19-9-8-16-11-15(18)17-7-6-13-10-12-4-2-3-5-14(12)20-13;/h2-5,10,16H,6-9,11H2,1H3,(H,17,18);1H. The molecule has 0 radical (unpaired) electrons. The highest BCUT2D eigenvalue weighted by molar-refractivity contribution is 5.85. The van der Waals surface area contributed by atoms with Crippen LogP contribution in [-0.4, -0.2) is 39.3 Å². The summed E-state index contributed by atoms with van der Waals surface area (Å²) in [7, 11) is 1.63. The summed E-state index contributed by atoms with van der Waals surface area (Å²) < 4.78 is 10.6. The number of furan rings is 1. The van der Waals surface area contributed by atoms with Crippen molar-refractivity contribution in [2.24, 2.45) is 0 Å². The van der Waals surface area contributed by atoms with Crippen molar-refractivity contribution < 1.29 is 13.9 Å². The first-order valence-corrected chi connectivity index (χ1v) is 6.73. The van der Waals surface area contributed by atoms with Crippen molar-refractivity contribution in [3.8, 4) is 0 Å². The minimum absolute atomic E-state index is 0. The lowest BCUT2D eigenvalue weighted by molar-refractivity contribution is -0.120. The summed E-state index contributed by atoms with van der Waals surface area (Å²) in [5.74, 6) is 0.871. The second kappa shape index (κ2) is 9.39. The molecule has 2 aromatic rings. The fourth-order valence-electron chi connectivity index (χ4n) is 1.92. The van der Waals surface area contributed by atoms with Crippen molar-refractivity contribution in [1.29, 1.82) is 0 Å². The number of hydrogen-bond acceptors (Lipinski definition) is 4. The monoisotopic (exact) mass is 312 g/mol. The Morgan fingerprint density at radius 3 is 2.86 bits per heavy atom. The van der Waals surface area contributed by atoms with Gasteiger partial charge in [0.25, 0.3) is 0 Å². The van der Waals surface area contributed by atoms with Crippen LogP contribution in [0.1, 0.15) is 5.76 Å². The maximum absolute atomic E-state index is 11.5. The Hall–Kier alpha value is -1.56. The molecule has 116 valence electrons. The van der Waals surface area contributed by atoms with E-state index in [0.29, 0.717) is 32.7 Å². The molecule has 1 amide bonds. The highest BCUT2D eigenvalue weighted by atomic mass is 35.5. The molecule has 0 fully saturated rings. The first-order chi connectivity index (χ1) is 9.79. The number of ether oxygens (including phenoxy) is 1. The number of benzene rings is 1. The summed E-state index contributed by atoms with van der Waals surface area (Å²) in [5.41, 5.74) is 0.884. The molecule has 1 heterocycles. The number of fused-ring (bicyclic) bond motifs is 1. The van der Waals surface area contributed by atoms with Crippen molar-refractivity contribution in [3.05, 3.63) is 36.1 Å². The van der Waals surface area contributed by atoms with Gasteiger partial charge >= 0.3 is 0 Å². The number of carbonyl (C=O) groups is 1. The lowest BCUT2D eigenvalue weighted by Crippen LogP contribution is -2.36. The molecule has 0 aliphatic rings. The van der Waals surface area contributed by atoms with Crippen molar-refractivity contribution >= 4 is 29.3 Å². The van der Waals surface area contributed by atoms with E-state index in [0.717, 1.165) is 16.7 Å². The van der Waals surface area contributed by atoms with Crippen molar-refractivity contribution in [3.63, 3.8) is 0 Å². The van der Waals surface area contributed by atoms with E-state index in [1.54, 1.807) is 7.11 Å². The highest BCUT2D eigenvalue weighted by Gasteiger charge is 2.04. The third-order valence-electron chi connectivity index (χ3n) is 2.94. The van der Waals surface area contributed by atoms with E-state index in [2.05, 4.69) is 10.6 Å². The summed E-state index contributed by atoms with van der Waals surface area (Å²) >= 11 is 0. The Balaban J connectivity index is 0.00000220.